The van der Waals surface area contributed by atoms with Crippen LogP contribution in [-0.4, -0.2) is 39.9 Å². The minimum Gasteiger partial charge on any atom is -0.461 e. The molecule has 6 nitrogen and oxygen atoms in total. The number of hydrogen-bond donors (Lipinski definition) is 1. The number of hydrogen-bond acceptors (Lipinski definition) is 4. The van der Waals surface area contributed by atoms with Gasteiger partial charge in [-0.05, 0) is 37.0 Å². The van der Waals surface area contributed by atoms with Crippen LogP contribution in [0.1, 0.15) is 60.5 Å². The Morgan fingerprint density at radius 3 is 2.65 bits per heavy atom. The fraction of sp³-hybridized carbons (Fsp3) is 0.471. The van der Waals surface area contributed by atoms with Crippen molar-refractivity contribution >= 4 is 11.7 Å². The van der Waals surface area contributed by atoms with E-state index in [-0.39, 0.29) is 5.76 Å². The molecule has 1 fully saturated rings. The van der Waals surface area contributed by atoms with Gasteiger partial charge in [-0.3, -0.25) is 14.7 Å². The van der Waals surface area contributed by atoms with Crippen molar-refractivity contribution in [2.24, 2.45) is 0 Å². The third kappa shape index (κ3) is 3.21. The van der Waals surface area contributed by atoms with Crippen molar-refractivity contribution in [1.82, 2.24) is 15.1 Å². The van der Waals surface area contributed by atoms with E-state index in [0.717, 1.165) is 24.2 Å². The lowest BCUT2D eigenvalue weighted by molar-refractivity contribution is -0.127. The summed E-state index contributed by atoms with van der Waals surface area (Å²) in [5, 5.41) is 7.45. The number of ketones is 1. The molecule has 1 N–H and O–H groups in total. The fourth-order valence-corrected chi connectivity index (χ4v) is 2.91. The van der Waals surface area contributed by atoms with Gasteiger partial charge in [-0.25, -0.2) is 0 Å². The minimum absolute atomic E-state index is 0.104. The van der Waals surface area contributed by atoms with Gasteiger partial charge in [-0.1, -0.05) is 13.8 Å². The molecule has 122 valence electrons. The second-order valence-electron chi connectivity index (χ2n) is 6.28. The number of aromatic amines is 1. The number of piperidine rings is 1. The third-order valence-electron chi connectivity index (χ3n) is 4.37. The molecule has 1 amide bonds. The zero-order valence-corrected chi connectivity index (χ0v) is 13.4. The molecular weight excluding hydrogens is 294 g/mol. The Hall–Kier alpha value is -2.37. The summed E-state index contributed by atoms with van der Waals surface area (Å²) in [7, 11) is 0. The van der Waals surface area contributed by atoms with Gasteiger partial charge in [0.25, 0.3) is 11.7 Å². The Bertz CT molecular complexity index is 680. The van der Waals surface area contributed by atoms with Gasteiger partial charge < -0.3 is 9.32 Å². The Balaban J connectivity index is 1.59. The molecule has 0 spiro atoms. The van der Waals surface area contributed by atoms with Gasteiger partial charge in [-0.15, -0.1) is 0 Å². The first-order chi connectivity index (χ1) is 11.1. The van der Waals surface area contributed by atoms with Crippen molar-refractivity contribution in [3.8, 4) is 0 Å². The number of carbonyl (C=O) groups is 2. The molecule has 0 bridgehead atoms. The van der Waals surface area contributed by atoms with Gasteiger partial charge in [0.05, 0.1) is 12.0 Å². The standard InChI is InChI=1S/C17H21N3O3/c1-11(2)13-10-14(19-18-13)12-5-7-20(8-6-12)17(22)16(21)15-4-3-9-23-15/h3-4,9-12H,5-8H2,1-2H3,(H,18,19). The van der Waals surface area contributed by atoms with Crippen LogP contribution in [0.25, 0.3) is 0 Å². The number of furan rings is 1. The zero-order chi connectivity index (χ0) is 16.4. The predicted molar refractivity (Wildman–Crippen MR) is 84.3 cm³/mol. The molecule has 1 saturated heterocycles. The molecular formula is C17H21N3O3. The number of aromatic nitrogens is 2. The second-order valence-corrected chi connectivity index (χ2v) is 6.28. The second kappa shape index (κ2) is 6.40. The molecule has 2 aromatic rings. The van der Waals surface area contributed by atoms with E-state index < -0.39 is 11.7 Å². The lowest BCUT2D eigenvalue weighted by atomic mass is 9.92. The van der Waals surface area contributed by atoms with E-state index in [1.54, 1.807) is 11.0 Å². The summed E-state index contributed by atoms with van der Waals surface area (Å²) in [5.74, 6) is -0.194. The molecule has 0 saturated carbocycles. The van der Waals surface area contributed by atoms with Gasteiger partial charge in [0, 0.05) is 24.7 Å². The van der Waals surface area contributed by atoms with E-state index in [2.05, 4.69) is 30.1 Å². The highest BCUT2D eigenvalue weighted by molar-refractivity contribution is 6.41. The van der Waals surface area contributed by atoms with Crippen LogP contribution in [0, 0.1) is 0 Å². The molecule has 0 aromatic carbocycles. The highest BCUT2D eigenvalue weighted by Crippen LogP contribution is 2.28. The van der Waals surface area contributed by atoms with Crippen molar-refractivity contribution in [2.45, 2.75) is 38.5 Å². The van der Waals surface area contributed by atoms with Crippen LogP contribution in [0.3, 0.4) is 0 Å². The number of nitrogens with zero attached hydrogens (tertiary/aromatic N) is 2. The smallest absolute Gasteiger partial charge is 0.298 e. The maximum Gasteiger partial charge on any atom is 0.298 e. The molecule has 3 heterocycles. The molecule has 2 aromatic heterocycles. The Kier molecular flexibility index (Phi) is 4.32. The molecule has 0 radical (unpaired) electrons. The minimum atomic E-state index is -0.572. The number of amides is 1. The number of Topliss-reactive ketones (excluding diaryl/α,β-unsaturated/α-hetero) is 1. The van der Waals surface area contributed by atoms with E-state index in [4.69, 9.17) is 4.42 Å². The first-order valence-electron chi connectivity index (χ1n) is 7.98. The van der Waals surface area contributed by atoms with Gasteiger partial charge >= 0.3 is 0 Å². The number of likely N-dealkylation sites (tertiary alicyclic amines) is 1. The Morgan fingerprint density at radius 1 is 1.35 bits per heavy atom. The van der Waals surface area contributed by atoms with Crippen molar-refractivity contribution in [3.05, 3.63) is 41.6 Å². The maximum atomic E-state index is 12.2. The highest BCUT2D eigenvalue weighted by Gasteiger charge is 2.30. The summed E-state index contributed by atoms with van der Waals surface area (Å²) in [5.41, 5.74) is 2.18. The van der Waals surface area contributed by atoms with Crippen LogP contribution >= 0.6 is 0 Å². The molecule has 23 heavy (non-hydrogen) atoms. The highest BCUT2D eigenvalue weighted by atomic mass is 16.3. The summed E-state index contributed by atoms with van der Waals surface area (Å²) in [6, 6.07) is 5.24. The molecule has 1 aliphatic rings. The maximum absolute atomic E-state index is 12.2. The molecule has 0 aliphatic carbocycles. The summed E-state index contributed by atoms with van der Waals surface area (Å²) in [6.45, 7) is 5.38. The largest absolute Gasteiger partial charge is 0.461 e. The van der Waals surface area contributed by atoms with Gasteiger partial charge in [0.2, 0.25) is 0 Å². The quantitative estimate of drug-likeness (QED) is 0.695. The van der Waals surface area contributed by atoms with Crippen LogP contribution < -0.4 is 0 Å². The SMILES string of the molecule is CC(C)c1cc(C2CCN(C(=O)C(=O)c3ccco3)CC2)[nH]n1. The summed E-state index contributed by atoms with van der Waals surface area (Å²) in [4.78, 5) is 25.9. The molecule has 0 unspecified atom stereocenters. The molecule has 0 atom stereocenters. The van der Waals surface area contributed by atoms with E-state index in [1.165, 1.54) is 12.3 Å². The lowest BCUT2D eigenvalue weighted by Gasteiger charge is -2.30. The molecule has 6 heteroatoms. The summed E-state index contributed by atoms with van der Waals surface area (Å²) >= 11 is 0. The number of nitrogens with one attached hydrogen (secondary N) is 1. The Labute approximate surface area is 134 Å². The van der Waals surface area contributed by atoms with E-state index in [9.17, 15) is 9.59 Å². The average Bonchev–Trinajstić information content (AvgIpc) is 3.25. The Morgan fingerprint density at radius 2 is 2.09 bits per heavy atom. The normalized spacial score (nSPS) is 16.0. The topological polar surface area (TPSA) is 79.2 Å². The zero-order valence-electron chi connectivity index (χ0n) is 13.4. The van der Waals surface area contributed by atoms with Crippen LogP contribution in [0.4, 0.5) is 0 Å². The van der Waals surface area contributed by atoms with Gasteiger partial charge in [0.15, 0.2) is 5.76 Å². The van der Waals surface area contributed by atoms with E-state index >= 15 is 0 Å². The fourth-order valence-electron chi connectivity index (χ4n) is 2.91. The average molecular weight is 315 g/mol. The predicted octanol–water partition coefficient (Wildman–Crippen LogP) is 2.72. The number of carbonyl (C=O) groups excluding carboxylic acids is 2. The first-order valence-corrected chi connectivity index (χ1v) is 7.98. The summed E-state index contributed by atoms with van der Waals surface area (Å²) < 4.78 is 5.01. The van der Waals surface area contributed by atoms with Gasteiger partial charge in [0.1, 0.15) is 0 Å². The monoisotopic (exact) mass is 315 g/mol. The van der Waals surface area contributed by atoms with Crippen molar-refractivity contribution in [2.75, 3.05) is 13.1 Å². The van der Waals surface area contributed by atoms with Crippen LogP contribution in [0.5, 0.6) is 0 Å². The molecule has 3 rings (SSSR count). The number of rotatable bonds is 4. The van der Waals surface area contributed by atoms with Crippen molar-refractivity contribution < 1.29 is 14.0 Å². The van der Waals surface area contributed by atoms with Crippen LogP contribution in [0.2, 0.25) is 0 Å². The van der Waals surface area contributed by atoms with E-state index in [1.807, 2.05) is 0 Å². The first kappa shape index (κ1) is 15.5. The molecule has 1 aliphatic heterocycles. The van der Waals surface area contributed by atoms with E-state index in [0.29, 0.717) is 24.9 Å². The van der Waals surface area contributed by atoms with Crippen LogP contribution in [0.15, 0.2) is 28.9 Å². The van der Waals surface area contributed by atoms with Gasteiger partial charge in [-0.2, -0.15) is 5.10 Å². The summed E-state index contributed by atoms with van der Waals surface area (Å²) in [6.07, 6.45) is 3.06. The van der Waals surface area contributed by atoms with Crippen LogP contribution in [-0.2, 0) is 4.79 Å². The number of H-pyrrole nitrogens is 1. The lowest BCUT2D eigenvalue weighted by Crippen LogP contribution is -2.41. The third-order valence-corrected chi connectivity index (χ3v) is 4.37. The van der Waals surface area contributed by atoms with Crippen molar-refractivity contribution in [3.63, 3.8) is 0 Å². The van der Waals surface area contributed by atoms with Crippen molar-refractivity contribution in [1.29, 1.82) is 0 Å².